The van der Waals surface area contributed by atoms with Crippen LogP contribution in [0.5, 0.6) is 0 Å². The van der Waals surface area contributed by atoms with E-state index in [2.05, 4.69) is 10.1 Å². The Labute approximate surface area is 154 Å². The second kappa shape index (κ2) is 11.3. The molecule has 0 spiro atoms. The summed E-state index contributed by atoms with van der Waals surface area (Å²) in [5.41, 5.74) is 6.69. The Bertz CT molecular complexity index is 589. The van der Waals surface area contributed by atoms with Crippen LogP contribution in [0.2, 0.25) is 0 Å². The quantitative estimate of drug-likeness (QED) is 0.610. The highest BCUT2D eigenvalue weighted by molar-refractivity contribution is 5.87. The van der Waals surface area contributed by atoms with Crippen molar-refractivity contribution in [2.24, 2.45) is 11.7 Å². The van der Waals surface area contributed by atoms with Crippen molar-refractivity contribution in [3.63, 3.8) is 0 Å². The van der Waals surface area contributed by atoms with Crippen LogP contribution in [0.3, 0.4) is 0 Å². The highest BCUT2D eigenvalue weighted by Gasteiger charge is 2.25. The first-order valence-electron chi connectivity index (χ1n) is 8.66. The summed E-state index contributed by atoms with van der Waals surface area (Å²) in [5.74, 6) is -1.26. The van der Waals surface area contributed by atoms with E-state index in [9.17, 15) is 14.4 Å². The molecule has 0 aliphatic rings. The van der Waals surface area contributed by atoms with E-state index >= 15 is 0 Å². The molecular weight excluding hydrogens is 336 g/mol. The van der Waals surface area contributed by atoms with Crippen LogP contribution >= 0.6 is 0 Å². The fourth-order valence-electron chi connectivity index (χ4n) is 2.36. The fourth-order valence-corrected chi connectivity index (χ4v) is 2.36. The highest BCUT2D eigenvalue weighted by atomic mass is 16.5. The van der Waals surface area contributed by atoms with Gasteiger partial charge in [-0.1, -0.05) is 44.2 Å². The number of nitrogens with two attached hydrogens (primary N) is 1. The number of nitrogens with one attached hydrogen (secondary N) is 1. The van der Waals surface area contributed by atoms with Crippen LogP contribution < -0.4 is 11.1 Å². The molecule has 0 aliphatic carbocycles. The van der Waals surface area contributed by atoms with Gasteiger partial charge < -0.3 is 20.5 Å². The van der Waals surface area contributed by atoms with Crippen molar-refractivity contribution in [1.29, 1.82) is 0 Å². The third-order valence-corrected chi connectivity index (χ3v) is 3.74. The topological polar surface area (TPSA) is 108 Å². The molecule has 0 aliphatic heterocycles. The van der Waals surface area contributed by atoms with E-state index in [1.807, 2.05) is 44.2 Å². The van der Waals surface area contributed by atoms with Gasteiger partial charge in [-0.05, 0) is 24.3 Å². The predicted molar refractivity (Wildman–Crippen MR) is 96.8 cm³/mol. The number of benzene rings is 1. The largest absolute Gasteiger partial charge is 0.467 e. The average molecular weight is 364 g/mol. The van der Waals surface area contributed by atoms with Gasteiger partial charge in [0.15, 0.2) is 0 Å². The lowest BCUT2D eigenvalue weighted by Gasteiger charge is -2.19. The first kappa shape index (κ1) is 21.6. The van der Waals surface area contributed by atoms with Crippen LogP contribution in [0, 0.1) is 5.92 Å². The van der Waals surface area contributed by atoms with Crippen molar-refractivity contribution < 1.29 is 23.9 Å². The lowest BCUT2D eigenvalue weighted by molar-refractivity contribution is -0.148. The molecule has 1 aromatic rings. The third-order valence-electron chi connectivity index (χ3n) is 3.74. The summed E-state index contributed by atoms with van der Waals surface area (Å²) in [6.07, 6.45) is 0.561. The molecule has 2 atom stereocenters. The molecule has 144 valence electrons. The van der Waals surface area contributed by atoms with E-state index in [0.717, 1.165) is 5.56 Å². The van der Waals surface area contributed by atoms with Crippen molar-refractivity contribution in [1.82, 2.24) is 5.32 Å². The molecule has 0 heterocycles. The van der Waals surface area contributed by atoms with Gasteiger partial charge in [0.25, 0.3) is 0 Å². The van der Waals surface area contributed by atoms with Crippen LogP contribution in [0.4, 0.5) is 0 Å². The lowest BCUT2D eigenvalue weighted by Crippen LogP contribution is -2.49. The molecule has 26 heavy (non-hydrogen) atoms. The normalized spacial score (nSPS) is 13.0. The van der Waals surface area contributed by atoms with Gasteiger partial charge in [-0.3, -0.25) is 9.59 Å². The Balaban J connectivity index is 2.49. The molecule has 3 N–H and O–H groups in total. The van der Waals surface area contributed by atoms with Gasteiger partial charge in [0.05, 0.1) is 13.2 Å². The number of methoxy groups -OCH3 is 1. The Morgan fingerprint density at radius 3 is 2.38 bits per heavy atom. The molecule has 1 rings (SSSR count). The number of amides is 1. The number of ether oxygens (including phenoxy) is 2. The summed E-state index contributed by atoms with van der Waals surface area (Å²) in [4.78, 5) is 35.8. The molecule has 0 fully saturated rings. The summed E-state index contributed by atoms with van der Waals surface area (Å²) < 4.78 is 9.86. The van der Waals surface area contributed by atoms with Gasteiger partial charge >= 0.3 is 11.9 Å². The molecule has 0 saturated carbocycles. The van der Waals surface area contributed by atoms with Gasteiger partial charge in [-0.2, -0.15) is 0 Å². The number of carbonyl (C=O) groups excluding carboxylic acids is 3. The van der Waals surface area contributed by atoms with E-state index in [0.29, 0.717) is 6.42 Å². The Hall–Kier alpha value is -2.41. The van der Waals surface area contributed by atoms with Crippen LogP contribution in [-0.2, 0) is 30.5 Å². The van der Waals surface area contributed by atoms with Crippen molar-refractivity contribution >= 4 is 17.8 Å². The molecular formula is C19H28N2O5. The molecule has 0 radical (unpaired) electrons. The SMILES string of the molecule is COC(=O)[C@@H](CCC(=O)OCc1ccccc1)NC(=O)[C@@H](N)CC(C)C. The molecule has 0 bridgehead atoms. The molecule has 0 aromatic heterocycles. The smallest absolute Gasteiger partial charge is 0.328 e. The van der Waals surface area contributed by atoms with Crippen LogP contribution in [0.25, 0.3) is 0 Å². The number of rotatable bonds is 10. The maximum Gasteiger partial charge on any atom is 0.328 e. The fraction of sp³-hybridized carbons (Fsp3) is 0.526. The van der Waals surface area contributed by atoms with E-state index in [-0.39, 0.29) is 25.4 Å². The zero-order valence-electron chi connectivity index (χ0n) is 15.6. The lowest BCUT2D eigenvalue weighted by atomic mass is 10.0. The molecule has 7 heteroatoms. The molecule has 0 unspecified atom stereocenters. The Kier molecular flexibility index (Phi) is 9.36. The summed E-state index contributed by atoms with van der Waals surface area (Å²) >= 11 is 0. The predicted octanol–water partition coefficient (Wildman–Crippen LogP) is 1.54. The van der Waals surface area contributed by atoms with Gasteiger partial charge in [0.2, 0.25) is 5.91 Å². The van der Waals surface area contributed by atoms with Crippen LogP contribution in [0.1, 0.15) is 38.7 Å². The second-order valence-electron chi connectivity index (χ2n) is 6.51. The molecule has 1 aromatic carbocycles. The minimum Gasteiger partial charge on any atom is -0.467 e. The zero-order valence-corrected chi connectivity index (χ0v) is 15.6. The van der Waals surface area contributed by atoms with Gasteiger partial charge in [0, 0.05) is 6.42 Å². The first-order chi connectivity index (χ1) is 12.3. The van der Waals surface area contributed by atoms with Gasteiger partial charge in [-0.15, -0.1) is 0 Å². The van der Waals surface area contributed by atoms with E-state index < -0.39 is 29.9 Å². The summed E-state index contributed by atoms with van der Waals surface area (Å²) in [6, 6.07) is 7.63. The third kappa shape index (κ3) is 8.11. The summed E-state index contributed by atoms with van der Waals surface area (Å²) in [7, 11) is 1.23. The van der Waals surface area contributed by atoms with Crippen LogP contribution in [0.15, 0.2) is 30.3 Å². The van der Waals surface area contributed by atoms with Crippen molar-refractivity contribution in [3.05, 3.63) is 35.9 Å². The van der Waals surface area contributed by atoms with Gasteiger partial charge in [0.1, 0.15) is 12.6 Å². The molecule has 1 amide bonds. The first-order valence-corrected chi connectivity index (χ1v) is 8.66. The maximum absolute atomic E-state index is 12.1. The van der Waals surface area contributed by atoms with Crippen LogP contribution in [-0.4, -0.2) is 37.0 Å². The number of esters is 2. The second-order valence-corrected chi connectivity index (χ2v) is 6.51. The Morgan fingerprint density at radius 1 is 1.15 bits per heavy atom. The maximum atomic E-state index is 12.1. The zero-order chi connectivity index (χ0) is 19.5. The standard InChI is InChI=1S/C19H28N2O5/c1-13(2)11-15(20)18(23)21-16(19(24)25-3)9-10-17(22)26-12-14-7-5-4-6-8-14/h4-8,13,15-16H,9-12,20H2,1-3H3,(H,21,23)/t15-,16+/m0/s1. The summed E-state index contributed by atoms with van der Waals surface area (Å²) in [6.45, 7) is 4.07. The average Bonchev–Trinajstić information content (AvgIpc) is 2.62. The van der Waals surface area contributed by atoms with E-state index in [1.165, 1.54) is 7.11 Å². The van der Waals surface area contributed by atoms with Crippen molar-refractivity contribution in [2.75, 3.05) is 7.11 Å². The number of hydrogen-bond donors (Lipinski definition) is 2. The van der Waals surface area contributed by atoms with Gasteiger partial charge in [-0.25, -0.2) is 4.79 Å². The van der Waals surface area contributed by atoms with E-state index in [4.69, 9.17) is 10.5 Å². The molecule has 0 saturated heterocycles. The Morgan fingerprint density at radius 2 is 1.81 bits per heavy atom. The number of carbonyl (C=O) groups is 3. The van der Waals surface area contributed by atoms with Crippen molar-refractivity contribution in [3.8, 4) is 0 Å². The number of hydrogen-bond acceptors (Lipinski definition) is 6. The minimum atomic E-state index is -0.935. The van der Waals surface area contributed by atoms with Crippen molar-refractivity contribution in [2.45, 2.75) is 51.8 Å². The molecule has 7 nitrogen and oxygen atoms in total. The monoisotopic (exact) mass is 364 g/mol. The highest BCUT2D eigenvalue weighted by Crippen LogP contribution is 2.07. The summed E-state index contributed by atoms with van der Waals surface area (Å²) in [5, 5.41) is 2.56. The minimum absolute atomic E-state index is 0.0215. The van der Waals surface area contributed by atoms with E-state index in [1.54, 1.807) is 0 Å².